The number of azo groups is 1. The third-order valence-electron chi connectivity index (χ3n) is 8.45. The van der Waals surface area contributed by atoms with E-state index in [9.17, 15) is 57.0 Å². The van der Waals surface area contributed by atoms with Crippen LogP contribution in [0.25, 0.3) is 21.5 Å². The number of hydrogen-bond acceptors (Lipinski definition) is 16. The minimum absolute atomic E-state index is 0.0155. The molecule has 25 heteroatoms. The Labute approximate surface area is 335 Å². The summed E-state index contributed by atoms with van der Waals surface area (Å²) in [7, 11) is -18.3. The molecule has 0 aliphatic carbocycles. The van der Waals surface area contributed by atoms with Crippen molar-refractivity contribution in [3.8, 4) is 5.75 Å². The summed E-state index contributed by atoms with van der Waals surface area (Å²) in [4.78, 5) is 12.8. The molecule has 0 radical (unpaired) electrons. The van der Waals surface area contributed by atoms with E-state index < -0.39 is 77.7 Å². The van der Waals surface area contributed by atoms with Crippen molar-refractivity contribution in [2.24, 2.45) is 10.2 Å². The van der Waals surface area contributed by atoms with Crippen LogP contribution in [0.3, 0.4) is 0 Å². The summed E-state index contributed by atoms with van der Waals surface area (Å²) in [5, 5.41) is 17.8. The van der Waals surface area contributed by atoms with E-state index in [1.54, 1.807) is 19.9 Å². The summed E-state index contributed by atoms with van der Waals surface area (Å²) < 4.78 is 137. The number of fused-ring (bicyclic) bond motifs is 2. The number of nitrogens with zero attached hydrogens (tertiary/aromatic N) is 7. The van der Waals surface area contributed by atoms with Crippen molar-refractivity contribution >= 4 is 108 Å². The van der Waals surface area contributed by atoms with E-state index in [-0.39, 0.29) is 55.7 Å². The van der Waals surface area contributed by atoms with Crippen molar-refractivity contribution in [1.29, 1.82) is 0 Å². The number of benzene rings is 5. The van der Waals surface area contributed by atoms with Gasteiger partial charge in [0.05, 0.1) is 4.90 Å². The van der Waals surface area contributed by atoms with Crippen LogP contribution in [0.4, 0.5) is 34.6 Å². The Morgan fingerprint density at radius 1 is 0.638 bits per heavy atom. The molecule has 0 aliphatic heterocycles. The summed E-state index contributed by atoms with van der Waals surface area (Å²) >= 11 is 6.31. The van der Waals surface area contributed by atoms with Crippen molar-refractivity contribution in [3.63, 3.8) is 0 Å². The lowest BCUT2D eigenvalue weighted by Gasteiger charge is -2.28. The molecule has 1 aromatic heterocycles. The van der Waals surface area contributed by atoms with Crippen molar-refractivity contribution < 1.29 is 57.0 Å². The fourth-order valence-electron chi connectivity index (χ4n) is 5.95. The van der Waals surface area contributed by atoms with Crippen molar-refractivity contribution in [3.05, 3.63) is 84.1 Å². The number of aromatic nitrogens is 3. The molecular weight excluding hydrogens is 866 g/mol. The zero-order valence-electron chi connectivity index (χ0n) is 29.7. The second kappa shape index (κ2) is 15.1. The van der Waals surface area contributed by atoms with Gasteiger partial charge in [0.2, 0.25) is 17.2 Å². The molecule has 0 fully saturated rings. The topological polar surface area (TPSA) is 308 Å². The highest BCUT2D eigenvalue weighted by Gasteiger charge is 2.27. The van der Waals surface area contributed by atoms with E-state index in [4.69, 9.17) is 11.6 Å². The van der Waals surface area contributed by atoms with Gasteiger partial charge in [0.25, 0.3) is 40.5 Å². The Morgan fingerprint density at radius 2 is 1.28 bits per heavy atom. The molecule has 304 valence electrons. The van der Waals surface area contributed by atoms with Gasteiger partial charge < -0.3 is 14.9 Å². The van der Waals surface area contributed by atoms with E-state index in [1.165, 1.54) is 53.2 Å². The molecule has 5 N–H and O–H groups in total. The summed E-state index contributed by atoms with van der Waals surface area (Å²) in [5.41, 5.74) is -0.921. The molecule has 0 aliphatic rings. The molecule has 0 spiro atoms. The third-order valence-corrected chi connectivity index (χ3v) is 12.2. The molecule has 0 amide bonds. The maximum Gasteiger partial charge on any atom is 0.297 e. The monoisotopic (exact) mass is 893 g/mol. The van der Waals surface area contributed by atoms with Crippen LogP contribution in [0.2, 0.25) is 5.28 Å². The van der Waals surface area contributed by atoms with Crippen LogP contribution in [0, 0.1) is 0 Å². The van der Waals surface area contributed by atoms with Gasteiger partial charge in [-0.1, -0.05) is 24.3 Å². The molecule has 0 bridgehead atoms. The first-order valence-corrected chi connectivity index (χ1v) is 22.2. The Morgan fingerprint density at radius 3 is 1.90 bits per heavy atom. The standard InChI is InChI=1S/C33H28ClN7O13S4/c1-17(2)41(20-6-4-7-21(16-20)55(43,44)45)33-36-31(34)35-32(37-33)40(3)19-10-11-22-18(14-19)15-27(57(49,50)51)28(29(22)42)39-38-25-13-12-23-24(30(25)58(52,53)54)8-5-9-26(23)56(46,47)48/h4-17,42H,1-3H3,(H,43,44,45)(H,46,47,48)(H,49,50,51)(H,52,53,54). The summed E-state index contributed by atoms with van der Waals surface area (Å²) in [6.45, 7) is 3.52. The van der Waals surface area contributed by atoms with E-state index >= 15 is 0 Å². The highest BCUT2D eigenvalue weighted by molar-refractivity contribution is 7.87. The highest BCUT2D eigenvalue weighted by Crippen LogP contribution is 2.44. The van der Waals surface area contributed by atoms with Gasteiger partial charge in [0.15, 0.2) is 5.75 Å². The first-order valence-electron chi connectivity index (χ1n) is 16.1. The van der Waals surface area contributed by atoms with E-state index in [0.29, 0.717) is 0 Å². The number of anilines is 4. The maximum absolute atomic E-state index is 12.6. The molecule has 58 heavy (non-hydrogen) atoms. The molecule has 5 aromatic carbocycles. The Bertz CT molecular complexity index is 3170. The van der Waals surface area contributed by atoms with Gasteiger partial charge in [-0.3, -0.25) is 18.2 Å². The Balaban J connectivity index is 1.44. The smallest absolute Gasteiger partial charge is 0.297 e. The van der Waals surface area contributed by atoms with E-state index in [1.807, 2.05) is 0 Å². The lowest BCUT2D eigenvalue weighted by molar-refractivity contribution is 0.472. The quantitative estimate of drug-likeness (QED) is 0.0708. The van der Waals surface area contributed by atoms with Gasteiger partial charge >= 0.3 is 0 Å². The molecule has 1 heterocycles. The van der Waals surface area contributed by atoms with Gasteiger partial charge in [0.1, 0.15) is 26.1 Å². The molecule has 0 saturated carbocycles. The normalized spacial score (nSPS) is 12.8. The second-order valence-corrected chi connectivity index (χ2v) is 18.5. The van der Waals surface area contributed by atoms with Crippen LogP contribution in [-0.2, 0) is 40.5 Å². The lowest BCUT2D eigenvalue weighted by Crippen LogP contribution is -2.28. The highest BCUT2D eigenvalue weighted by atomic mass is 35.5. The summed E-state index contributed by atoms with van der Waals surface area (Å²) in [6.07, 6.45) is 0. The number of rotatable bonds is 11. The molecule has 6 aromatic rings. The van der Waals surface area contributed by atoms with Gasteiger partial charge in [-0.25, -0.2) is 0 Å². The van der Waals surface area contributed by atoms with Crippen molar-refractivity contribution in [2.75, 3.05) is 16.8 Å². The SMILES string of the molecule is CC(C)N(c1cccc(S(=O)(=O)O)c1)c1nc(Cl)nc(N(C)c2ccc3c(O)c(N=Nc4ccc5c(S(=O)(=O)O)cccc5c4S(=O)(=O)O)c(S(=O)(=O)O)cc3c2)n1. The molecule has 0 unspecified atom stereocenters. The van der Waals surface area contributed by atoms with E-state index in [0.717, 1.165) is 36.4 Å². The van der Waals surface area contributed by atoms with Crippen LogP contribution in [0.5, 0.6) is 5.75 Å². The summed E-state index contributed by atoms with van der Waals surface area (Å²) in [5.74, 6) is -0.908. The maximum atomic E-state index is 12.6. The van der Waals surface area contributed by atoms with Gasteiger partial charge in [-0.2, -0.15) is 48.6 Å². The molecular formula is C33H28ClN7O13S4. The third kappa shape index (κ3) is 8.40. The van der Waals surface area contributed by atoms with Crippen molar-refractivity contribution in [1.82, 2.24) is 15.0 Å². The predicted molar refractivity (Wildman–Crippen MR) is 210 cm³/mol. The molecule has 20 nitrogen and oxygen atoms in total. The lowest BCUT2D eigenvalue weighted by atomic mass is 10.1. The zero-order valence-corrected chi connectivity index (χ0v) is 33.7. The van der Waals surface area contributed by atoms with Crippen molar-refractivity contribution in [2.45, 2.75) is 39.5 Å². The van der Waals surface area contributed by atoms with Crippen LogP contribution < -0.4 is 9.80 Å². The number of halogens is 1. The van der Waals surface area contributed by atoms with Crippen LogP contribution >= 0.6 is 11.6 Å². The minimum Gasteiger partial charge on any atom is -0.505 e. The number of phenolic OH excluding ortho intramolecular Hbond substituents is 1. The van der Waals surface area contributed by atoms with Crippen LogP contribution in [-0.4, -0.2) is 85.0 Å². The molecule has 0 saturated heterocycles. The Hall–Kier alpha value is -5.44. The molecule has 6 rings (SSSR count). The molecule has 0 atom stereocenters. The van der Waals surface area contributed by atoms with E-state index in [2.05, 4.69) is 25.2 Å². The Kier molecular flexibility index (Phi) is 10.9. The van der Waals surface area contributed by atoms with Gasteiger partial charge in [0, 0.05) is 40.6 Å². The zero-order chi connectivity index (χ0) is 42.7. The first kappa shape index (κ1) is 42.2. The fourth-order valence-corrected chi connectivity index (χ4v) is 8.82. The average molecular weight is 894 g/mol. The number of phenols is 1. The van der Waals surface area contributed by atoms with Crippen LogP contribution in [0.15, 0.2) is 109 Å². The fraction of sp³-hybridized carbons (Fsp3) is 0.121. The van der Waals surface area contributed by atoms with Crippen LogP contribution in [0.1, 0.15) is 13.8 Å². The van der Waals surface area contributed by atoms with Gasteiger partial charge in [-0.05, 0) is 85.4 Å². The summed E-state index contributed by atoms with van der Waals surface area (Å²) in [6, 6.07) is 15.2. The number of aromatic hydroxyl groups is 1. The average Bonchev–Trinajstić information content (AvgIpc) is 3.11. The predicted octanol–water partition coefficient (Wildman–Crippen LogP) is 6.25. The van der Waals surface area contributed by atoms with Gasteiger partial charge in [-0.15, -0.1) is 10.2 Å². The first-order chi connectivity index (χ1) is 26.9. The minimum atomic E-state index is -5.20. The second-order valence-electron chi connectivity index (χ2n) is 12.6. The number of hydrogen-bond donors (Lipinski definition) is 5. The largest absolute Gasteiger partial charge is 0.505 e.